The largest absolute Gasteiger partial charge is 0.331 e. The van der Waals surface area contributed by atoms with Gasteiger partial charge >= 0.3 is 6.03 Å². The van der Waals surface area contributed by atoms with Crippen molar-refractivity contribution >= 4 is 17.8 Å². The number of rotatable bonds is 3. The first kappa shape index (κ1) is 13.8. The summed E-state index contributed by atoms with van der Waals surface area (Å²) < 4.78 is 0. The van der Waals surface area contributed by atoms with Crippen LogP contribution in [0.5, 0.6) is 0 Å². The van der Waals surface area contributed by atoms with E-state index in [0.29, 0.717) is 12.8 Å². The van der Waals surface area contributed by atoms with E-state index in [9.17, 15) is 14.4 Å². The summed E-state index contributed by atoms with van der Waals surface area (Å²) >= 11 is 0. The van der Waals surface area contributed by atoms with Gasteiger partial charge in [0, 0.05) is 0 Å². The molecule has 1 saturated carbocycles. The lowest BCUT2D eigenvalue weighted by Crippen LogP contribution is -2.65. The van der Waals surface area contributed by atoms with E-state index in [4.69, 9.17) is 0 Å². The van der Waals surface area contributed by atoms with Gasteiger partial charge in [-0.3, -0.25) is 19.8 Å². The van der Waals surface area contributed by atoms with E-state index in [1.165, 1.54) is 10.5 Å². The zero-order valence-electron chi connectivity index (χ0n) is 12.0. The number of hydrogen-bond acceptors (Lipinski definition) is 3. The predicted octanol–water partition coefficient (Wildman–Crippen LogP) is 2.00. The highest BCUT2D eigenvalue weighted by Crippen LogP contribution is 2.44. The first-order valence-corrected chi connectivity index (χ1v) is 7.32. The summed E-state index contributed by atoms with van der Waals surface area (Å²) in [5.41, 5.74) is 1.11. The lowest BCUT2D eigenvalue weighted by atomic mass is 9.66. The summed E-state index contributed by atoms with van der Waals surface area (Å²) in [7, 11) is 0. The second-order valence-corrected chi connectivity index (χ2v) is 5.76. The molecule has 1 N–H and O–H groups in total. The highest BCUT2D eigenvalue weighted by Gasteiger charge is 2.57. The number of carbonyl (C=O) groups is 3. The first-order valence-electron chi connectivity index (χ1n) is 7.32. The molecule has 0 bridgehead atoms. The van der Waals surface area contributed by atoms with E-state index in [2.05, 4.69) is 12.2 Å². The van der Waals surface area contributed by atoms with Crippen molar-refractivity contribution in [1.82, 2.24) is 10.2 Å². The minimum atomic E-state index is -0.989. The van der Waals surface area contributed by atoms with Crippen LogP contribution >= 0.6 is 0 Å². The van der Waals surface area contributed by atoms with Crippen LogP contribution in [0.15, 0.2) is 24.3 Å². The van der Waals surface area contributed by atoms with Gasteiger partial charge in [0.1, 0.15) is 5.41 Å². The van der Waals surface area contributed by atoms with Crippen molar-refractivity contribution in [3.8, 4) is 0 Å². The molecule has 0 unspecified atom stereocenters. The van der Waals surface area contributed by atoms with Crippen LogP contribution in [-0.4, -0.2) is 22.7 Å². The van der Waals surface area contributed by atoms with E-state index in [0.717, 1.165) is 18.4 Å². The van der Waals surface area contributed by atoms with Crippen molar-refractivity contribution < 1.29 is 14.4 Å². The smallest absolute Gasteiger partial charge is 0.277 e. The molecule has 1 aliphatic carbocycles. The van der Waals surface area contributed by atoms with Crippen LogP contribution < -0.4 is 5.32 Å². The van der Waals surface area contributed by atoms with Crippen molar-refractivity contribution in [3.63, 3.8) is 0 Å². The van der Waals surface area contributed by atoms with Crippen LogP contribution in [0, 0.1) is 5.41 Å². The molecule has 5 nitrogen and oxygen atoms in total. The Morgan fingerprint density at radius 2 is 1.71 bits per heavy atom. The number of amides is 4. The van der Waals surface area contributed by atoms with Crippen LogP contribution in [0.3, 0.4) is 0 Å². The number of nitrogens with zero attached hydrogens (tertiary/aromatic N) is 1. The lowest BCUT2D eigenvalue weighted by molar-refractivity contribution is -0.158. The van der Waals surface area contributed by atoms with Gasteiger partial charge in [0.05, 0.1) is 6.54 Å². The zero-order valence-corrected chi connectivity index (χ0v) is 12.0. The molecule has 1 aromatic carbocycles. The third kappa shape index (κ3) is 2.13. The van der Waals surface area contributed by atoms with Crippen molar-refractivity contribution in [2.75, 3.05) is 0 Å². The Hall–Kier alpha value is -2.17. The van der Waals surface area contributed by atoms with Crippen LogP contribution in [0.1, 0.15) is 37.3 Å². The Morgan fingerprint density at radius 1 is 1.10 bits per heavy atom. The number of imide groups is 2. The topological polar surface area (TPSA) is 66.5 Å². The Labute approximate surface area is 123 Å². The number of hydrogen-bond donors (Lipinski definition) is 1. The van der Waals surface area contributed by atoms with Crippen molar-refractivity contribution in [1.29, 1.82) is 0 Å². The van der Waals surface area contributed by atoms with Crippen molar-refractivity contribution in [3.05, 3.63) is 35.4 Å². The number of benzene rings is 1. The average molecular weight is 286 g/mol. The summed E-state index contributed by atoms with van der Waals surface area (Å²) in [6.07, 6.45) is 2.87. The van der Waals surface area contributed by atoms with Crippen LogP contribution in [-0.2, 0) is 22.6 Å². The normalized spacial score (nSPS) is 20.4. The maximum atomic E-state index is 12.5. The SMILES string of the molecule is CCc1ccc(CN2C(=O)NC(=O)C3(CCC3)C2=O)cc1. The summed E-state index contributed by atoms with van der Waals surface area (Å²) in [4.78, 5) is 37.6. The lowest BCUT2D eigenvalue weighted by Gasteiger charge is -2.44. The predicted molar refractivity (Wildman–Crippen MR) is 76.2 cm³/mol. The van der Waals surface area contributed by atoms with Crippen molar-refractivity contribution in [2.24, 2.45) is 5.41 Å². The molecular formula is C16H18N2O3. The number of carbonyl (C=O) groups excluding carboxylic acids is 3. The average Bonchev–Trinajstić information content (AvgIpc) is 2.42. The minimum Gasteiger partial charge on any atom is -0.277 e. The fraction of sp³-hybridized carbons (Fsp3) is 0.438. The quantitative estimate of drug-likeness (QED) is 0.864. The van der Waals surface area contributed by atoms with Crippen molar-refractivity contribution in [2.45, 2.75) is 39.2 Å². The molecule has 1 heterocycles. The van der Waals surface area contributed by atoms with Gasteiger partial charge < -0.3 is 0 Å². The molecule has 0 atom stereocenters. The molecule has 1 saturated heterocycles. The monoisotopic (exact) mass is 286 g/mol. The second kappa shape index (κ2) is 4.98. The van der Waals surface area contributed by atoms with Gasteiger partial charge in [-0.05, 0) is 30.4 Å². The maximum Gasteiger partial charge on any atom is 0.331 e. The maximum absolute atomic E-state index is 12.5. The molecule has 5 heteroatoms. The molecule has 1 aromatic rings. The van der Waals surface area contributed by atoms with E-state index in [-0.39, 0.29) is 12.5 Å². The highest BCUT2D eigenvalue weighted by atomic mass is 16.2. The third-order valence-corrected chi connectivity index (χ3v) is 4.53. The molecule has 0 radical (unpaired) electrons. The minimum absolute atomic E-state index is 0.212. The van der Waals surface area contributed by atoms with Gasteiger partial charge in [0.25, 0.3) is 0 Å². The number of aryl methyl sites for hydroxylation is 1. The number of nitrogens with one attached hydrogen (secondary N) is 1. The Bertz CT molecular complexity index is 602. The van der Waals surface area contributed by atoms with E-state index < -0.39 is 17.4 Å². The van der Waals surface area contributed by atoms with E-state index in [1.54, 1.807) is 0 Å². The fourth-order valence-corrected chi connectivity index (χ4v) is 2.91. The van der Waals surface area contributed by atoms with Crippen LogP contribution in [0.2, 0.25) is 0 Å². The Balaban J connectivity index is 1.81. The van der Waals surface area contributed by atoms with Crippen LogP contribution in [0.25, 0.3) is 0 Å². The van der Waals surface area contributed by atoms with E-state index in [1.807, 2.05) is 24.3 Å². The fourth-order valence-electron chi connectivity index (χ4n) is 2.91. The molecule has 4 amide bonds. The third-order valence-electron chi connectivity index (χ3n) is 4.53. The molecule has 2 fully saturated rings. The number of barbiturate groups is 1. The zero-order chi connectivity index (χ0) is 15.0. The summed E-state index contributed by atoms with van der Waals surface area (Å²) in [5.74, 6) is -0.775. The Morgan fingerprint density at radius 3 is 2.24 bits per heavy atom. The molecule has 21 heavy (non-hydrogen) atoms. The summed E-state index contributed by atoms with van der Waals surface area (Å²) in [6.45, 7) is 2.28. The summed E-state index contributed by atoms with van der Waals surface area (Å²) in [6, 6.07) is 7.21. The molecule has 1 aliphatic heterocycles. The van der Waals surface area contributed by atoms with Gasteiger partial charge in [0.15, 0.2) is 0 Å². The molecule has 1 spiro atoms. The standard InChI is InChI=1S/C16H18N2O3/c1-2-11-4-6-12(7-5-11)10-18-14(20)16(8-3-9-16)13(19)17-15(18)21/h4-7H,2-3,8-10H2,1H3,(H,17,19,21). The molecule has 2 aliphatic rings. The second-order valence-electron chi connectivity index (χ2n) is 5.76. The summed E-state index contributed by atoms with van der Waals surface area (Å²) in [5, 5.41) is 2.32. The Kier molecular flexibility index (Phi) is 3.27. The molecule has 0 aromatic heterocycles. The molecular weight excluding hydrogens is 268 g/mol. The highest BCUT2D eigenvalue weighted by molar-refractivity contribution is 6.19. The first-order chi connectivity index (χ1) is 10.1. The van der Waals surface area contributed by atoms with Gasteiger partial charge in [-0.1, -0.05) is 37.6 Å². The van der Waals surface area contributed by atoms with Gasteiger partial charge in [-0.25, -0.2) is 4.79 Å². The number of urea groups is 1. The van der Waals surface area contributed by atoms with Crippen LogP contribution in [0.4, 0.5) is 4.79 Å². The molecule has 3 rings (SSSR count). The molecule has 110 valence electrons. The van der Waals surface area contributed by atoms with E-state index >= 15 is 0 Å². The van der Waals surface area contributed by atoms with Gasteiger partial charge in [0.2, 0.25) is 11.8 Å². The van der Waals surface area contributed by atoms with Gasteiger partial charge in [-0.15, -0.1) is 0 Å². The van der Waals surface area contributed by atoms with Gasteiger partial charge in [-0.2, -0.15) is 0 Å².